The summed E-state index contributed by atoms with van der Waals surface area (Å²) in [5.41, 5.74) is 8.97. The summed E-state index contributed by atoms with van der Waals surface area (Å²) in [5, 5.41) is 7.31. The fraction of sp³-hybridized carbons (Fsp3) is 0.0435. The highest BCUT2D eigenvalue weighted by atomic mass is 16.5. The van der Waals surface area contributed by atoms with Crippen LogP contribution in [-0.4, -0.2) is 23.3 Å². The van der Waals surface area contributed by atoms with Gasteiger partial charge in [0.25, 0.3) is 6.33 Å². The first-order valence-electron chi connectivity index (χ1n) is 17.8. The molecule has 0 spiro atoms. The van der Waals surface area contributed by atoms with Gasteiger partial charge in [-0.3, -0.25) is 13.7 Å². The Bertz CT molecular complexity index is 3220. The molecule has 0 saturated carbocycles. The number of aromatic nitrogens is 6. The summed E-state index contributed by atoms with van der Waals surface area (Å²) in [6.07, 6.45) is 9.30. The minimum atomic E-state index is 0.739. The van der Waals surface area contributed by atoms with Crippen molar-refractivity contribution in [3.63, 3.8) is 0 Å². The molecule has 7 heteroatoms. The van der Waals surface area contributed by atoms with Gasteiger partial charge >= 0.3 is 0 Å². The van der Waals surface area contributed by atoms with Gasteiger partial charge in [0.15, 0.2) is 0 Å². The predicted molar refractivity (Wildman–Crippen MR) is 213 cm³/mol. The minimum absolute atomic E-state index is 0.739. The fourth-order valence-electron chi connectivity index (χ4n) is 8.41. The Labute approximate surface area is 304 Å². The number of fused-ring (bicyclic) bond motifs is 12. The lowest BCUT2D eigenvalue weighted by atomic mass is 10.0. The third-order valence-electron chi connectivity index (χ3n) is 10.7. The first-order valence-corrected chi connectivity index (χ1v) is 17.8. The van der Waals surface area contributed by atoms with Gasteiger partial charge < -0.3 is 13.9 Å². The van der Waals surface area contributed by atoms with E-state index in [0.29, 0.717) is 0 Å². The third-order valence-corrected chi connectivity index (χ3v) is 10.7. The summed E-state index contributed by atoms with van der Waals surface area (Å²) in [5.74, 6) is 2.34. The monoisotopic (exact) mass is 684 g/mol. The van der Waals surface area contributed by atoms with Crippen molar-refractivity contribution < 1.29 is 9.30 Å². The molecule has 11 rings (SSSR count). The Kier molecular flexibility index (Phi) is 6.25. The summed E-state index contributed by atoms with van der Waals surface area (Å²) in [7, 11) is 4.38. The van der Waals surface area contributed by atoms with Crippen LogP contribution in [0.15, 0.2) is 158 Å². The highest BCUT2D eigenvalue weighted by molar-refractivity contribution is 6.40. The lowest BCUT2D eigenvalue weighted by molar-refractivity contribution is -0.599. The summed E-state index contributed by atoms with van der Waals surface area (Å²) in [6.45, 7) is 0. The number of nitrogens with zero attached hydrogens (tertiary/aromatic N) is 6. The lowest BCUT2D eigenvalue weighted by Gasteiger charge is -2.11. The zero-order valence-electron chi connectivity index (χ0n) is 29.1. The van der Waals surface area contributed by atoms with Gasteiger partial charge in [0, 0.05) is 82.1 Å². The van der Waals surface area contributed by atoms with Gasteiger partial charge in [0.1, 0.15) is 17.3 Å². The average molecular weight is 685 g/mol. The molecule has 0 aliphatic heterocycles. The molecule has 0 atom stereocenters. The van der Waals surface area contributed by atoms with Gasteiger partial charge in [0.2, 0.25) is 0 Å². The van der Waals surface area contributed by atoms with E-state index in [1.165, 1.54) is 49.0 Å². The molecule has 5 heterocycles. The molecule has 252 valence electrons. The van der Waals surface area contributed by atoms with Crippen molar-refractivity contribution in [2.45, 2.75) is 0 Å². The molecule has 0 amide bonds. The highest BCUT2D eigenvalue weighted by Crippen LogP contribution is 2.48. The van der Waals surface area contributed by atoms with Crippen LogP contribution in [0, 0.1) is 6.33 Å². The Morgan fingerprint density at radius 2 is 1.25 bits per heavy atom. The molecule has 0 saturated heterocycles. The zero-order valence-corrected chi connectivity index (χ0v) is 29.1. The molecule has 0 aliphatic rings. The maximum absolute atomic E-state index is 6.67. The first kappa shape index (κ1) is 29.6. The molecule has 6 aromatic carbocycles. The van der Waals surface area contributed by atoms with Crippen molar-refractivity contribution >= 4 is 65.4 Å². The van der Waals surface area contributed by atoms with Crippen LogP contribution in [0.2, 0.25) is 0 Å². The summed E-state index contributed by atoms with van der Waals surface area (Å²) < 4.78 is 17.7. The van der Waals surface area contributed by atoms with Crippen LogP contribution in [0.3, 0.4) is 0 Å². The van der Waals surface area contributed by atoms with Crippen molar-refractivity contribution in [3.8, 4) is 28.7 Å². The van der Waals surface area contributed by atoms with Crippen molar-refractivity contribution in [2.24, 2.45) is 14.1 Å². The number of pyridine rings is 1. The zero-order chi connectivity index (χ0) is 35.2. The predicted octanol–water partition coefficient (Wildman–Crippen LogP) is 10.1. The van der Waals surface area contributed by atoms with E-state index in [2.05, 4.69) is 131 Å². The Morgan fingerprint density at radius 3 is 2.04 bits per heavy atom. The molecule has 0 N–H and O–H groups in total. The van der Waals surface area contributed by atoms with E-state index < -0.39 is 0 Å². The average Bonchev–Trinajstić information content (AvgIpc) is 3.97. The normalized spacial score (nSPS) is 12.0. The number of hydrogen-bond acceptors (Lipinski definition) is 2. The molecule has 7 nitrogen and oxygen atoms in total. The second-order valence-corrected chi connectivity index (χ2v) is 13.6. The maximum atomic E-state index is 6.67. The van der Waals surface area contributed by atoms with Gasteiger partial charge in [-0.1, -0.05) is 66.7 Å². The number of imidazole rings is 1. The van der Waals surface area contributed by atoms with E-state index in [-0.39, 0.29) is 0 Å². The molecule has 0 radical (unpaired) electrons. The Hall–Kier alpha value is -7.12. The highest BCUT2D eigenvalue weighted by Gasteiger charge is 2.27. The van der Waals surface area contributed by atoms with E-state index in [0.717, 1.165) is 45.1 Å². The molecule has 0 aliphatic carbocycles. The van der Waals surface area contributed by atoms with E-state index in [1.807, 2.05) is 70.2 Å². The molecule has 11 aromatic rings. The molecule has 0 unspecified atom stereocenters. The minimum Gasteiger partial charge on any atom is -0.458 e. The van der Waals surface area contributed by atoms with E-state index in [1.54, 1.807) is 0 Å². The SMILES string of the molecule is Cn1c2ccccc2c2c3c4ccc(Oc5cccc(-[n+]6[c-]n(-c7ccccc7)cc6)c5)cc4n(-c4ccccn4)c3c3c(c4ccccc4n3C)c21. The second kappa shape index (κ2) is 11.2. The number of ether oxygens (including phenoxy) is 1. The number of para-hydroxylation sites is 3. The van der Waals surface area contributed by atoms with Gasteiger partial charge in [-0.05, 0) is 66.7 Å². The molecule has 5 aromatic heterocycles. The number of rotatable bonds is 5. The van der Waals surface area contributed by atoms with Crippen LogP contribution in [0.1, 0.15) is 0 Å². The van der Waals surface area contributed by atoms with Crippen LogP contribution in [0.4, 0.5) is 0 Å². The third kappa shape index (κ3) is 4.28. The molecular weight excluding hydrogens is 653 g/mol. The molecule has 0 fully saturated rings. The van der Waals surface area contributed by atoms with Crippen LogP contribution in [-0.2, 0) is 14.1 Å². The second-order valence-electron chi connectivity index (χ2n) is 13.6. The van der Waals surface area contributed by atoms with Crippen molar-refractivity contribution in [1.29, 1.82) is 0 Å². The standard InChI is InChI=1S/C46H32N6O/c1-48-37-19-8-6-17-34(37)41-42-36-23-22-33(53-32-16-12-15-31(27-32)51-26-25-50(29-51)30-13-4-3-5-14-30)28-39(36)52(40-21-10-11-24-47-40)46(42)45-43(44(41)48)35-18-7-9-20-38(35)49(45)2/h3-28H,1-2H3. The van der Waals surface area contributed by atoms with Crippen LogP contribution in [0.5, 0.6) is 11.5 Å². The number of hydrogen-bond donors (Lipinski definition) is 0. The topological polar surface area (TPSA) is 45.7 Å². The Morgan fingerprint density at radius 1 is 0.566 bits per heavy atom. The molecular formula is C46H32N6O. The lowest BCUT2D eigenvalue weighted by Crippen LogP contribution is -2.28. The Balaban J connectivity index is 1.17. The van der Waals surface area contributed by atoms with Gasteiger partial charge in [-0.25, -0.2) is 4.98 Å². The van der Waals surface area contributed by atoms with Crippen LogP contribution < -0.4 is 9.30 Å². The maximum Gasteiger partial charge on any atom is 0.268 e. The summed E-state index contributed by atoms with van der Waals surface area (Å²) in [6, 6.07) is 48.4. The van der Waals surface area contributed by atoms with Crippen LogP contribution in [0.25, 0.3) is 82.6 Å². The van der Waals surface area contributed by atoms with E-state index in [4.69, 9.17) is 9.72 Å². The quantitative estimate of drug-likeness (QED) is 0.134. The van der Waals surface area contributed by atoms with Crippen LogP contribution >= 0.6 is 0 Å². The van der Waals surface area contributed by atoms with Crippen molar-refractivity contribution in [3.05, 3.63) is 164 Å². The molecule has 0 bridgehead atoms. The first-order chi connectivity index (χ1) is 26.1. The summed E-state index contributed by atoms with van der Waals surface area (Å²) in [4.78, 5) is 4.94. The smallest absolute Gasteiger partial charge is 0.268 e. The fourth-order valence-corrected chi connectivity index (χ4v) is 8.41. The van der Waals surface area contributed by atoms with Gasteiger partial charge in [-0.2, -0.15) is 0 Å². The molecule has 53 heavy (non-hydrogen) atoms. The summed E-state index contributed by atoms with van der Waals surface area (Å²) >= 11 is 0. The largest absolute Gasteiger partial charge is 0.458 e. The van der Waals surface area contributed by atoms with Crippen molar-refractivity contribution in [2.75, 3.05) is 0 Å². The van der Waals surface area contributed by atoms with Crippen molar-refractivity contribution in [1.82, 2.24) is 23.3 Å². The van der Waals surface area contributed by atoms with E-state index in [9.17, 15) is 0 Å². The number of aryl methyl sites for hydroxylation is 2. The van der Waals surface area contributed by atoms with Gasteiger partial charge in [0.05, 0.1) is 33.4 Å². The van der Waals surface area contributed by atoms with E-state index >= 15 is 0 Å². The number of benzene rings is 6. The van der Waals surface area contributed by atoms with Gasteiger partial charge in [-0.15, -0.1) is 0 Å².